The molecule has 12 nitrogen and oxygen atoms in total. The van der Waals surface area contributed by atoms with Gasteiger partial charge in [-0.05, 0) is 72.9 Å². The number of nitrogens with two attached hydrogens (primary N) is 1. The molecule has 0 unspecified atom stereocenters. The highest BCUT2D eigenvalue weighted by atomic mass is 35.5. The number of carbonyl (C=O) groups is 2. The van der Waals surface area contributed by atoms with E-state index in [0.717, 1.165) is 28.8 Å². The molecule has 0 radical (unpaired) electrons. The van der Waals surface area contributed by atoms with Gasteiger partial charge < -0.3 is 15.8 Å². The second-order valence-electron chi connectivity index (χ2n) is 14.7. The monoisotopic (exact) mass is 793 g/mol. The van der Waals surface area contributed by atoms with Crippen molar-refractivity contribution in [2.24, 2.45) is 16.1 Å². The minimum atomic E-state index is -4.74. The lowest BCUT2D eigenvalue weighted by Gasteiger charge is -2.32. The molecular weight excluding hydrogens is 756 g/mol. The fourth-order valence-corrected chi connectivity index (χ4v) is 6.00. The predicted molar refractivity (Wildman–Crippen MR) is 189 cm³/mol. The van der Waals surface area contributed by atoms with Crippen LogP contribution in [0.5, 0.6) is 0 Å². The Hall–Kier alpha value is -5.13. The van der Waals surface area contributed by atoms with Gasteiger partial charge in [0, 0.05) is 18.3 Å². The van der Waals surface area contributed by atoms with Gasteiger partial charge in [-0.2, -0.15) is 22.7 Å². The third-order valence-corrected chi connectivity index (χ3v) is 9.64. The van der Waals surface area contributed by atoms with Crippen LogP contribution in [-0.4, -0.2) is 72.3 Å². The van der Waals surface area contributed by atoms with Gasteiger partial charge in [-0.1, -0.05) is 50.6 Å². The molecule has 2 aromatic carbocycles. The van der Waals surface area contributed by atoms with Crippen LogP contribution in [0, 0.1) is 11.4 Å². The van der Waals surface area contributed by atoms with Gasteiger partial charge in [0.1, 0.15) is 18.5 Å². The van der Waals surface area contributed by atoms with Crippen LogP contribution in [0.25, 0.3) is 16.8 Å². The number of aromatic nitrogens is 5. The quantitative estimate of drug-likeness (QED) is 0.0842. The van der Waals surface area contributed by atoms with E-state index in [4.69, 9.17) is 22.1 Å². The number of carbonyl (C=O) groups excluding carboxylic acids is 2. The topological polar surface area (TPSA) is 146 Å². The molecule has 0 saturated heterocycles. The molecule has 2 aromatic heterocycles. The highest BCUT2D eigenvalue weighted by molar-refractivity contribution is 6.32. The lowest BCUT2D eigenvalue weighted by atomic mass is 9.92. The number of halogens is 7. The molecule has 0 bridgehead atoms. The predicted octanol–water partition coefficient (Wildman–Crippen LogP) is 7.95. The number of nitrogens with zero attached hydrogens (tertiary/aromatic N) is 7. The second-order valence-corrected chi connectivity index (χ2v) is 15.1. The van der Waals surface area contributed by atoms with E-state index in [2.05, 4.69) is 20.2 Å². The third kappa shape index (κ3) is 8.89. The summed E-state index contributed by atoms with van der Waals surface area (Å²) >= 11 is 6.43. The summed E-state index contributed by atoms with van der Waals surface area (Å²) in [6.07, 6.45) is -5.12. The molecule has 19 heteroatoms. The first kappa shape index (κ1) is 39.6. The summed E-state index contributed by atoms with van der Waals surface area (Å²) in [5.74, 6) is -2.56. The van der Waals surface area contributed by atoms with Gasteiger partial charge in [0.25, 0.3) is 12.3 Å². The minimum Gasteiger partial charge on any atom is -0.447 e. The summed E-state index contributed by atoms with van der Waals surface area (Å²) < 4.78 is 91.4. The van der Waals surface area contributed by atoms with Crippen molar-refractivity contribution in [2.45, 2.75) is 83.1 Å². The van der Waals surface area contributed by atoms with Crippen LogP contribution in [0.3, 0.4) is 0 Å². The van der Waals surface area contributed by atoms with E-state index in [-0.39, 0.29) is 64.2 Å². The number of guanidine groups is 1. The molecule has 2 aliphatic rings. The van der Waals surface area contributed by atoms with E-state index in [1.807, 2.05) is 26.1 Å². The van der Waals surface area contributed by atoms with Crippen molar-refractivity contribution in [2.75, 3.05) is 13.2 Å². The summed E-state index contributed by atoms with van der Waals surface area (Å²) in [6, 6.07) is 8.59. The van der Waals surface area contributed by atoms with Crippen LogP contribution >= 0.6 is 11.6 Å². The van der Waals surface area contributed by atoms with Crippen molar-refractivity contribution in [3.63, 3.8) is 0 Å². The van der Waals surface area contributed by atoms with Crippen LogP contribution in [0.4, 0.5) is 31.1 Å². The number of aliphatic imine (C=N–C) groups is 1. The Kier molecular flexibility index (Phi) is 10.9. The molecule has 2 saturated carbocycles. The summed E-state index contributed by atoms with van der Waals surface area (Å²) in [5.41, 5.74) is 4.59. The average molecular weight is 794 g/mol. The van der Waals surface area contributed by atoms with E-state index in [1.54, 1.807) is 10.9 Å². The largest absolute Gasteiger partial charge is 0.447 e. The molecule has 2 fully saturated rings. The molecule has 2 heterocycles. The molecule has 55 heavy (non-hydrogen) atoms. The highest BCUT2D eigenvalue weighted by Crippen LogP contribution is 2.49. The molecule has 2 aliphatic carbocycles. The Balaban J connectivity index is 1.40. The zero-order valence-corrected chi connectivity index (χ0v) is 30.7. The maximum absolute atomic E-state index is 14.8. The molecular formula is C36H38ClF6N9O3. The van der Waals surface area contributed by atoms with Gasteiger partial charge in [0.15, 0.2) is 11.8 Å². The SMILES string of the molecule is CC(C)(C)CCN=C(N)N(C(=O)c1ccc(-c2cn(C3CC3)nc2F)cc1)[C@H](COC(=O)NC1(C(F)(F)F)CC1)c1ccc(Cl)c(-n2ncnc2C(F)F)c1. The normalized spacial score (nSPS) is 16.2. The first-order valence-corrected chi connectivity index (χ1v) is 17.7. The number of benzene rings is 2. The first-order chi connectivity index (χ1) is 25.9. The van der Waals surface area contributed by atoms with E-state index in [9.17, 15) is 35.9 Å². The van der Waals surface area contributed by atoms with E-state index >= 15 is 0 Å². The summed E-state index contributed by atoms with van der Waals surface area (Å²) in [6.45, 7) is 5.28. The number of rotatable bonds is 12. The Morgan fingerprint density at radius 1 is 1.13 bits per heavy atom. The number of nitrogens with one attached hydrogen (secondary N) is 1. The molecule has 0 spiro atoms. The summed E-state index contributed by atoms with van der Waals surface area (Å²) in [4.78, 5) is 36.5. The molecule has 4 aromatic rings. The maximum atomic E-state index is 14.8. The molecule has 294 valence electrons. The molecule has 3 N–H and O–H groups in total. The Morgan fingerprint density at radius 3 is 2.42 bits per heavy atom. The van der Waals surface area contributed by atoms with E-state index in [0.29, 0.717) is 12.0 Å². The number of alkyl halides is 5. The van der Waals surface area contributed by atoms with Crippen molar-refractivity contribution in [1.29, 1.82) is 0 Å². The number of alkyl carbamates (subject to hydrolysis) is 1. The van der Waals surface area contributed by atoms with Crippen LogP contribution in [0.2, 0.25) is 5.02 Å². The van der Waals surface area contributed by atoms with Gasteiger partial charge >= 0.3 is 12.3 Å². The van der Waals surface area contributed by atoms with Crippen molar-refractivity contribution in [3.8, 4) is 16.8 Å². The van der Waals surface area contributed by atoms with Crippen LogP contribution in [0.15, 0.2) is 60.0 Å². The lowest BCUT2D eigenvalue weighted by Crippen LogP contribution is -2.49. The van der Waals surface area contributed by atoms with Crippen LogP contribution < -0.4 is 11.1 Å². The van der Waals surface area contributed by atoms with Gasteiger partial charge in [0.2, 0.25) is 5.95 Å². The fourth-order valence-electron chi connectivity index (χ4n) is 5.80. The molecule has 1 atom stereocenters. The molecule has 2 amide bonds. The first-order valence-electron chi connectivity index (χ1n) is 17.4. The Morgan fingerprint density at radius 2 is 1.82 bits per heavy atom. The van der Waals surface area contributed by atoms with Crippen molar-refractivity contribution in [1.82, 2.24) is 34.8 Å². The van der Waals surface area contributed by atoms with Crippen LogP contribution in [0.1, 0.15) is 93.1 Å². The Labute approximate surface area is 316 Å². The molecule has 6 rings (SSSR count). The van der Waals surface area contributed by atoms with Crippen LogP contribution in [-0.2, 0) is 4.74 Å². The van der Waals surface area contributed by atoms with Crippen molar-refractivity contribution >= 4 is 29.6 Å². The second kappa shape index (κ2) is 15.2. The van der Waals surface area contributed by atoms with Gasteiger partial charge in [-0.15, -0.1) is 5.10 Å². The number of hydrogen-bond donors (Lipinski definition) is 2. The van der Waals surface area contributed by atoms with Gasteiger partial charge in [0.05, 0.1) is 28.4 Å². The zero-order valence-electron chi connectivity index (χ0n) is 30.0. The lowest BCUT2D eigenvalue weighted by molar-refractivity contribution is -0.164. The Bertz CT molecular complexity index is 2070. The zero-order chi connectivity index (χ0) is 39.9. The number of hydrogen-bond acceptors (Lipinski definition) is 7. The average Bonchev–Trinajstić information content (AvgIpc) is 4.03. The smallest absolute Gasteiger partial charge is 0.411 e. The number of amides is 2. The maximum Gasteiger partial charge on any atom is 0.411 e. The molecule has 0 aliphatic heterocycles. The minimum absolute atomic E-state index is 0.0293. The van der Waals surface area contributed by atoms with E-state index in [1.165, 1.54) is 42.5 Å². The fraction of sp³-hybridized carbons (Fsp3) is 0.444. The van der Waals surface area contributed by atoms with Gasteiger partial charge in [-0.25, -0.2) is 23.2 Å². The third-order valence-electron chi connectivity index (χ3n) is 9.32. The van der Waals surface area contributed by atoms with Crippen molar-refractivity contribution in [3.05, 3.63) is 82.9 Å². The van der Waals surface area contributed by atoms with Gasteiger partial charge in [-0.3, -0.25) is 19.4 Å². The highest BCUT2D eigenvalue weighted by Gasteiger charge is 2.64. The summed E-state index contributed by atoms with van der Waals surface area (Å²) in [5, 5.41) is 9.66. The summed E-state index contributed by atoms with van der Waals surface area (Å²) in [7, 11) is 0. The van der Waals surface area contributed by atoms with E-state index < -0.39 is 54.6 Å². The number of ether oxygens (including phenoxy) is 1. The standard InChI is InChI=1S/C36H38ClF6N9O3/c1-34(2,3)14-15-45-32(44)51(31(53)21-6-4-20(5-7-21)24-17-50(23-9-10-23)49-29(24)40)27(18-55-33(54)48-35(12-13-35)36(41,42)43)22-8-11-25(37)26(16-22)52-30(28(38)39)46-19-47-52/h4-8,11,16-17,19,23,27-28H,9-10,12-15,18H2,1-3H3,(H2,44,45)(H,48,54)/t27-/m1/s1. The van der Waals surface area contributed by atoms with Crippen molar-refractivity contribution < 1.29 is 40.7 Å².